The van der Waals surface area contributed by atoms with Crippen LogP contribution >= 0.6 is 9.24 Å². The van der Waals surface area contributed by atoms with Crippen molar-refractivity contribution in [2.45, 2.75) is 19.8 Å². The second-order valence-corrected chi connectivity index (χ2v) is 3.18. The molecule has 0 bridgehead atoms. The van der Waals surface area contributed by atoms with E-state index in [0.717, 1.165) is 0 Å². The zero-order valence-corrected chi connectivity index (χ0v) is 9.00. The summed E-state index contributed by atoms with van der Waals surface area (Å²) in [6.45, 7) is 2.22. The summed E-state index contributed by atoms with van der Waals surface area (Å²) in [5, 5.41) is 0. The molecular weight excluding hydrogens is 254 g/mol. The highest BCUT2D eigenvalue weighted by atomic mass is 127. The first-order valence-electron chi connectivity index (χ1n) is 2.67. The van der Waals surface area contributed by atoms with Crippen LogP contribution in [0.15, 0.2) is 0 Å². The van der Waals surface area contributed by atoms with Crippen LogP contribution < -0.4 is 31.4 Å². The first kappa shape index (κ1) is 12.7. The topological polar surface area (TPSA) is 69.2 Å². The number of rotatable bonds is 2. The highest BCUT2D eigenvalue weighted by Gasteiger charge is 1.72. The summed E-state index contributed by atoms with van der Waals surface area (Å²) in [7, 11) is 2.05. The molecule has 1 unspecified atom stereocenters. The molecular formula is C4H12IO3P. The maximum Gasteiger partial charge on any atom is 0.282 e. The van der Waals surface area contributed by atoms with Crippen LogP contribution in [-0.2, 0) is 0 Å². The molecule has 3 nitrogen and oxygen atoms in total. The molecule has 0 aliphatic carbocycles. The van der Waals surface area contributed by atoms with Gasteiger partial charge < -0.3 is 10.3 Å². The van der Waals surface area contributed by atoms with Crippen molar-refractivity contribution in [1.82, 2.24) is 0 Å². The van der Waals surface area contributed by atoms with Gasteiger partial charge in [-0.05, 0) is 15.7 Å². The molecule has 0 aromatic heterocycles. The molecule has 0 N–H and O–H groups in total. The smallest absolute Gasteiger partial charge is 0.282 e. The standard InChI is InChI=1S/C4H11P.IO3/c1-2-3-4-5;2-1(3)4/h2-5H2,1H3;/q;-1/p+1. The highest BCUT2D eigenvalue weighted by Crippen LogP contribution is 1.89. The number of hydrogen-bond donors (Lipinski definition) is 0. The van der Waals surface area contributed by atoms with Crippen molar-refractivity contribution in [3.8, 4) is 0 Å². The SMILES string of the molecule is CCCC[PH3+].[O-][I+2]([O-])[O-]. The Morgan fingerprint density at radius 1 is 1.33 bits per heavy atom. The van der Waals surface area contributed by atoms with Crippen LogP contribution in [0.1, 0.15) is 19.8 Å². The van der Waals surface area contributed by atoms with Crippen LogP contribution in [0.5, 0.6) is 0 Å². The Kier molecular flexibility index (Phi) is 16.6. The van der Waals surface area contributed by atoms with Gasteiger partial charge in [0.25, 0.3) is 21.1 Å². The molecule has 0 aliphatic heterocycles. The molecule has 0 rings (SSSR count). The van der Waals surface area contributed by atoms with E-state index in [9.17, 15) is 0 Å². The van der Waals surface area contributed by atoms with Crippen LogP contribution in [0.2, 0.25) is 0 Å². The average Bonchev–Trinajstić information content (AvgIpc) is 1.66. The van der Waals surface area contributed by atoms with E-state index in [-0.39, 0.29) is 0 Å². The predicted molar refractivity (Wildman–Crippen MR) is 30.9 cm³/mol. The minimum atomic E-state index is -4.01. The molecule has 0 radical (unpaired) electrons. The molecule has 0 amide bonds. The van der Waals surface area contributed by atoms with E-state index >= 15 is 0 Å². The molecule has 0 heterocycles. The van der Waals surface area contributed by atoms with Crippen molar-refractivity contribution >= 4 is 9.24 Å². The maximum absolute atomic E-state index is 8.57. The van der Waals surface area contributed by atoms with Gasteiger partial charge in [-0.3, -0.25) is 0 Å². The number of halogens is 1. The molecule has 0 fully saturated rings. The Labute approximate surface area is 66.7 Å². The number of hydrogen-bond acceptors (Lipinski definition) is 3. The lowest BCUT2D eigenvalue weighted by Gasteiger charge is -1.84. The lowest BCUT2D eigenvalue weighted by atomic mass is 10.4. The fourth-order valence-electron chi connectivity index (χ4n) is 0.250. The van der Waals surface area contributed by atoms with Gasteiger partial charge in [0.05, 0.1) is 6.16 Å². The Balaban J connectivity index is 0. The third-order valence-corrected chi connectivity index (χ3v) is 1.10. The van der Waals surface area contributed by atoms with E-state index < -0.39 is 21.1 Å². The largest absolute Gasteiger partial charge is 0.427 e. The van der Waals surface area contributed by atoms with Gasteiger partial charge in [0, 0.05) is 0 Å². The normalized spacial score (nSPS) is 9.00. The van der Waals surface area contributed by atoms with Gasteiger partial charge in [0.2, 0.25) is 0 Å². The van der Waals surface area contributed by atoms with Gasteiger partial charge in [-0.15, -0.1) is 0 Å². The van der Waals surface area contributed by atoms with Crippen molar-refractivity contribution in [3.63, 3.8) is 0 Å². The van der Waals surface area contributed by atoms with E-state index in [4.69, 9.17) is 10.3 Å². The van der Waals surface area contributed by atoms with Gasteiger partial charge in [-0.1, -0.05) is 13.3 Å². The fourth-order valence-corrected chi connectivity index (χ4v) is 0.750. The Morgan fingerprint density at radius 3 is 1.67 bits per heavy atom. The number of unbranched alkanes of at least 4 members (excludes halogenated alkanes) is 1. The zero-order valence-electron chi connectivity index (χ0n) is 5.43. The Bertz CT molecular complexity index is 40.0. The van der Waals surface area contributed by atoms with Gasteiger partial charge in [-0.25, -0.2) is 0 Å². The highest BCUT2D eigenvalue weighted by molar-refractivity contribution is 7.16. The third-order valence-electron chi connectivity index (χ3n) is 0.604. The lowest BCUT2D eigenvalue weighted by Crippen LogP contribution is -4.05. The van der Waals surface area contributed by atoms with E-state index in [2.05, 4.69) is 6.92 Å². The van der Waals surface area contributed by atoms with E-state index in [0.29, 0.717) is 0 Å². The Hall–Kier alpha value is 1.04. The molecule has 0 aromatic carbocycles. The van der Waals surface area contributed by atoms with Crippen LogP contribution in [0.4, 0.5) is 0 Å². The summed E-state index contributed by atoms with van der Waals surface area (Å²) < 4.78 is 25.7. The van der Waals surface area contributed by atoms with E-state index in [1.165, 1.54) is 19.0 Å². The summed E-state index contributed by atoms with van der Waals surface area (Å²) in [4.78, 5) is 0. The van der Waals surface area contributed by atoms with Crippen LogP contribution in [0.3, 0.4) is 0 Å². The second-order valence-electron chi connectivity index (χ2n) is 1.40. The van der Waals surface area contributed by atoms with Crippen LogP contribution in [-0.4, -0.2) is 6.16 Å². The molecule has 0 saturated carbocycles. The summed E-state index contributed by atoms with van der Waals surface area (Å²) in [6, 6.07) is 0. The molecule has 5 heteroatoms. The first-order valence-corrected chi connectivity index (χ1v) is 6.31. The van der Waals surface area contributed by atoms with Crippen LogP contribution in [0, 0.1) is 0 Å². The summed E-state index contributed by atoms with van der Waals surface area (Å²) >= 11 is -4.01. The lowest BCUT2D eigenvalue weighted by molar-refractivity contribution is -1.73. The van der Waals surface area contributed by atoms with Gasteiger partial charge in [0.15, 0.2) is 0 Å². The van der Waals surface area contributed by atoms with Gasteiger partial charge >= 0.3 is 0 Å². The molecule has 0 aliphatic rings. The quantitative estimate of drug-likeness (QED) is 0.370. The molecule has 58 valence electrons. The monoisotopic (exact) mass is 266 g/mol. The minimum absolute atomic E-state index is 1.35. The van der Waals surface area contributed by atoms with Crippen LogP contribution in [0.25, 0.3) is 0 Å². The fraction of sp³-hybridized carbons (Fsp3) is 1.00. The Morgan fingerprint density at radius 2 is 1.67 bits per heavy atom. The van der Waals surface area contributed by atoms with Gasteiger partial charge in [0.1, 0.15) is 0 Å². The average molecular weight is 266 g/mol. The molecule has 0 spiro atoms. The minimum Gasteiger partial charge on any atom is -0.427 e. The van der Waals surface area contributed by atoms with Crippen molar-refractivity contribution in [2.75, 3.05) is 6.16 Å². The van der Waals surface area contributed by atoms with Gasteiger partial charge in [-0.2, -0.15) is 0 Å². The molecule has 9 heavy (non-hydrogen) atoms. The summed E-state index contributed by atoms with van der Waals surface area (Å²) in [5.41, 5.74) is 0. The van der Waals surface area contributed by atoms with E-state index in [1.54, 1.807) is 0 Å². The van der Waals surface area contributed by atoms with E-state index in [1.807, 2.05) is 9.24 Å². The zero-order chi connectivity index (χ0) is 7.70. The van der Waals surface area contributed by atoms with Crippen molar-refractivity contribution in [1.29, 1.82) is 0 Å². The molecule has 0 saturated heterocycles. The summed E-state index contributed by atoms with van der Waals surface area (Å²) in [5.74, 6) is 0. The predicted octanol–water partition coefficient (Wildman–Crippen LogP) is -5.17. The first-order chi connectivity index (χ1) is 4.15. The second kappa shape index (κ2) is 11.8. The van der Waals surface area contributed by atoms with Crippen molar-refractivity contribution in [2.24, 2.45) is 0 Å². The maximum atomic E-state index is 8.57. The third kappa shape index (κ3) is 48.5. The summed E-state index contributed by atoms with van der Waals surface area (Å²) in [6.07, 6.45) is 4.12. The van der Waals surface area contributed by atoms with Crippen molar-refractivity contribution < 1.29 is 31.4 Å². The molecule has 1 atom stereocenters. The van der Waals surface area contributed by atoms with Crippen molar-refractivity contribution in [3.05, 3.63) is 0 Å². The molecule has 0 aromatic rings.